The molecule has 1 heterocycles. The summed E-state index contributed by atoms with van der Waals surface area (Å²) in [5.41, 5.74) is 5.64. The van der Waals surface area contributed by atoms with Crippen LogP contribution in [0.15, 0.2) is 23.1 Å². The van der Waals surface area contributed by atoms with Crippen molar-refractivity contribution in [3.05, 3.63) is 34.2 Å². The maximum Gasteiger partial charge on any atom is 0.252 e. The number of nitrogens with two attached hydrogens (primary N) is 1. The quantitative estimate of drug-likeness (QED) is 0.636. The molecule has 0 radical (unpaired) electrons. The summed E-state index contributed by atoms with van der Waals surface area (Å²) in [7, 11) is 0. The molecule has 0 aliphatic heterocycles. The molecule has 0 saturated carbocycles. The molecular formula is C10H15N3O2. The highest BCUT2D eigenvalue weighted by Gasteiger charge is 2.06. The first-order valence-corrected chi connectivity index (χ1v) is 4.80. The first-order chi connectivity index (χ1) is 7.13. The van der Waals surface area contributed by atoms with Crippen molar-refractivity contribution in [1.82, 2.24) is 10.3 Å². The highest BCUT2D eigenvalue weighted by Crippen LogP contribution is 1.94. The first kappa shape index (κ1) is 11.5. The van der Waals surface area contributed by atoms with Gasteiger partial charge >= 0.3 is 0 Å². The lowest BCUT2D eigenvalue weighted by Crippen LogP contribution is -2.31. The molecule has 5 heteroatoms. The Hall–Kier alpha value is -1.62. The van der Waals surface area contributed by atoms with E-state index in [4.69, 9.17) is 5.73 Å². The summed E-state index contributed by atoms with van der Waals surface area (Å²) in [5.74, 6) is 0.0447. The third-order valence-electron chi connectivity index (χ3n) is 2.06. The lowest BCUT2D eigenvalue weighted by atomic mass is 10.2. The second kappa shape index (κ2) is 5.31. The van der Waals surface area contributed by atoms with Gasteiger partial charge in [-0.2, -0.15) is 0 Å². The molecule has 0 fully saturated rings. The molecule has 0 aromatic carbocycles. The van der Waals surface area contributed by atoms with E-state index in [1.807, 2.05) is 6.92 Å². The molecule has 5 nitrogen and oxygen atoms in total. The second-order valence-electron chi connectivity index (χ2n) is 3.49. The van der Waals surface area contributed by atoms with Crippen molar-refractivity contribution in [3.63, 3.8) is 0 Å². The minimum absolute atomic E-state index is 0.202. The Balaban J connectivity index is 2.54. The lowest BCUT2D eigenvalue weighted by molar-refractivity contribution is 0.0948. The van der Waals surface area contributed by atoms with E-state index in [1.165, 1.54) is 18.3 Å². The fraction of sp³-hybridized carbons (Fsp3) is 0.400. The van der Waals surface area contributed by atoms with Crippen molar-refractivity contribution >= 4 is 5.91 Å². The number of aromatic nitrogens is 1. The third-order valence-corrected chi connectivity index (χ3v) is 2.06. The van der Waals surface area contributed by atoms with Gasteiger partial charge in [0.1, 0.15) is 0 Å². The van der Waals surface area contributed by atoms with Gasteiger partial charge in [-0.3, -0.25) is 9.59 Å². The minimum Gasteiger partial charge on any atom is -0.352 e. The zero-order chi connectivity index (χ0) is 11.3. The van der Waals surface area contributed by atoms with Crippen LogP contribution in [0.5, 0.6) is 0 Å². The van der Waals surface area contributed by atoms with Crippen molar-refractivity contribution in [1.29, 1.82) is 0 Å². The molecule has 1 amide bonds. The van der Waals surface area contributed by atoms with Gasteiger partial charge < -0.3 is 16.0 Å². The van der Waals surface area contributed by atoms with Gasteiger partial charge in [0.25, 0.3) is 5.91 Å². The SMILES string of the molecule is CC(CN)CNC(=O)c1ccc(=O)[nH]c1. The van der Waals surface area contributed by atoms with Crippen molar-refractivity contribution in [2.24, 2.45) is 11.7 Å². The first-order valence-electron chi connectivity index (χ1n) is 4.80. The molecule has 82 valence electrons. The molecule has 1 aromatic heterocycles. The standard InChI is InChI=1S/C10H15N3O2/c1-7(4-11)5-13-10(15)8-2-3-9(14)12-6-8/h2-3,6-7H,4-5,11H2,1H3,(H,12,14)(H,13,15). The number of aromatic amines is 1. The van der Waals surface area contributed by atoms with Gasteiger partial charge in [0.05, 0.1) is 5.56 Å². The van der Waals surface area contributed by atoms with E-state index in [0.29, 0.717) is 18.7 Å². The van der Waals surface area contributed by atoms with Gasteiger partial charge in [0, 0.05) is 18.8 Å². The number of amides is 1. The average molecular weight is 209 g/mol. The average Bonchev–Trinajstić information content (AvgIpc) is 2.26. The van der Waals surface area contributed by atoms with Crippen LogP contribution in [-0.2, 0) is 0 Å². The predicted octanol–water partition coefficient (Wildman–Crippen LogP) is -0.301. The maximum atomic E-state index is 11.5. The molecule has 1 aromatic rings. The fourth-order valence-electron chi connectivity index (χ4n) is 1.00. The summed E-state index contributed by atoms with van der Waals surface area (Å²) in [6.07, 6.45) is 1.39. The van der Waals surface area contributed by atoms with E-state index < -0.39 is 0 Å². The van der Waals surface area contributed by atoms with Gasteiger partial charge in [0.15, 0.2) is 0 Å². The number of H-pyrrole nitrogens is 1. The zero-order valence-corrected chi connectivity index (χ0v) is 8.62. The van der Waals surface area contributed by atoms with Crippen molar-refractivity contribution in [3.8, 4) is 0 Å². The van der Waals surface area contributed by atoms with Crippen LogP contribution >= 0.6 is 0 Å². The van der Waals surface area contributed by atoms with Crippen LogP contribution in [0, 0.1) is 5.92 Å². The number of carbonyl (C=O) groups is 1. The van der Waals surface area contributed by atoms with E-state index in [-0.39, 0.29) is 17.4 Å². The number of nitrogens with one attached hydrogen (secondary N) is 2. The van der Waals surface area contributed by atoms with E-state index in [9.17, 15) is 9.59 Å². The van der Waals surface area contributed by atoms with E-state index >= 15 is 0 Å². The highest BCUT2D eigenvalue weighted by atomic mass is 16.1. The molecule has 0 aliphatic carbocycles. The molecule has 0 saturated heterocycles. The summed E-state index contributed by atoms with van der Waals surface area (Å²) in [6.45, 7) is 3.02. The van der Waals surface area contributed by atoms with Gasteiger partial charge in [-0.15, -0.1) is 0 Å². The maximum absolute atomic E-state index is 11.5. The molecule has 1 atom stereocenters. The number of hydrogen-bond acceptors (Lipinski definition) is 3. The van der Waals surface area contributed by atoms with E-state index in [1.54, 1.807) is 0 Å². The van der Waals surface area contributed by atoms with Crippen LogP contribution in [0.4, 0.5) is 0 Å². The van der Waals surface area contributed by atoms with Crippen LogP contribution in [0.3, 0.4) is 0 Å². The van der Waals surface area contributed by atoms with E-state index in [0.717, 1.165) is 0 Å². The molecule has 4 N–H and O–H groups in total. The number of rotatable bonds is 4. The van der Waals surface area contributed by atoms with Gasteiger partial charge in [-0.05, 0) is 18.5 Å². The summed E-state index contributed by atoms with van der Waals surface area (Å²) in [4.78, 5) is 24.7. The van der Waals surface area contributed by atoms with Crippen LogP contribution < -0.4 is 16.6 Å². The number of pyridine rings is 1. The third kappa shape index (κ3) is 3.55. The number of carbonyl (C=O) groups excluding carboxylic acids is 1. The highest BCUT2D eigenvalue weighted by molar-refractivity contribution is 5.93. The molecular weight excluding hydrogens is 194 g/mol. The normalized spacial score (nSPS) is 12.1. The Labute approximate surface area is 87.7 Å². The molecule has 0 aliphatic rings. The van der Waals surface area contributed by atoms with Crippen molar-refractivity contribution in [2.75, 3.05) is 13.1 Å². The van der Waals surface area contributed by atoms with Crippen molar-refractivity contribution in [2.45, 2.75) is 6.92 Å². The van der Waals surface area contributed by atoms with Gasteiger partial charge in [-0.1, -0.05) is 6.92 Å². The Morgan fingerprint density at radius 2 is 2.33 bits per heavy atom. The molecule has 1 unspecified atom stereocenters. The van der Waals surface area contributed by atoms with Crippen LogP contribution in [0.25, 0.3) is 0 Å². The monoisotopic (exact) mass is 209 g/mol. The lowest BCUT2D eigenvalue weighted by Gasteiger charge is -2.09. The predicted molar refractivity (Wildman–Crippen MR) is 57.6 cm³/mol. The number of hydrogen-bond donors (Lipinski definition) is 3. The summed E-state index contributed by atoms with van der Waals surface area (Å²) < 4.78 is 0. The van der Waals surface area contributed by atoms with Crippen LogP contribution in [0.2, 0.25) is 0 Å². The summed E-state index contributed by atoms with van der Waals surface area (Å²) in [5, 5.41) is 2.73. The van der Waals surface area contributed by atoms with Crippen LogP contribution in [0.1, 0.15) is 17.3 Å². The Kier molecular flexibility index (Phi) is 4.05. The Bertz CT molecular complexity index is 366. The van der Waals surface area contributed by atoms with Crippen LogP contribution in [-0.4, -0.2) is 24.0 Å². The fourth-order valence-corrected chi connectivity index (χ4v) is 1.00. The zero-order valence-electron chi connectivity index (χ0n) is 8.62. The Morgan fingerprint density at radius 1 is 1.60 bits per heavy atom. The van der Waals surface area contributed by atoms with Crippen molar-refractivity contribution < 1.29 is 4.79 Å². The second-order valence-corrected chi connectivity index (χ2v) is 3.49. The molecule has 0 spiro atoms. The molecule has 15 heavy (non-hydrogen) atoms. The van der Waals surface area contributed by atoms with Gasteiger partial charge in [-0.25, -0.2) is 0 Å². The topological polar surface area (TPSA) is 88.0 Å². The van der Waals surface area contributed by atoms with Gasteiger partial charge in [0.2, 0.25) is 5.56 Å². The molecule has 1 rings (SSSR count). The Morgan fingerprint density at radius 3 is 2.87 bits per heavy atom. The summed E-state index contributed by atoms with van der Waals surface area (Å²) >= 11 is 0. The van der Waals surface area contributed by atoms with E-state index in [2.05, 4.69) is 10.3 Å². The minimum atomic E-state index is -0.220. The summed E-state index contributed by atoms with van der Waals surface area (Å²) in [6, 6.07) is 2.81. The molecule has 0 bridgehead atoms. The largest absolute Gasteiger partial charge is 0.352 e. The smallest absolute Gasteiger partial charge is 0.252 e.